The normalized spacial score (nSPS) is 9.83. The van der Waals surface area contributed by atoms with Crippen LogP contribution in [0, 0.1) is 21.4 Å². The van der Waals surface area contributed by atoms with E-state index in [1.807, 2.05) is 0 Å². The van der Waals surface area contributed by atoms with Gasteiger partial charge < -0.3 is 10.1 Å². The van der Waals surface area contributed by atoms with Crippen LogP contribution in [0.15, 0.2) is 41.3 Å². The van der Waals surface area contributed by atoms with Crippen molar-refractivity contribution in [3.8, 4) is 11.8 Å². The zero-order valence-electron chi connectivity index (χ0n) is 12.6. The zero-order valence-corrected chi connectivity index (χ0v) is 12.6. The van der Waals surface area contributed by atoms with Crippen molar-refractivity contribution in [1.29, 1.82) is 5.26 Å². The number of amides is 1. The van der Waals surface area contributed by atoms with E-state index in [0.717, 1.165) is 16.8 Å². The van der Waals surface area contributed by atoms with Crippen molar-refractivity contribution in [2.45, 2.75) is 6.54 Å². The highest BCUT2D eigenvalue weighted by Crippen LogP contribution is 2.22. The Balaban J connectivity index is 2.29. The fraction of sp³-hybridized carbons (Fsp3) is 0.133. The average Bonchev–Trinajstić information content (AvgIpc) is 2.56. The number of ether oxygens (including phenoxy) is 1. The summed E-state index contributed by atoms with van der Waals surface area (Å²) in [4.78, 5) is 34.2. The summed E-state index contributed by atoms with van der Waals surface area (Å²) in [6, 6.07) is 9.11. The second kappa shape index (κ2) is 7.06. The van der Waals surface area contributed by atoms with Crippen LogP contribution < -0.4 is 15.6 Å². The number of nitrogens with zero attached hydrogens (tertiary/aromatic N) is 3. The lowest BCUT2D eigenvalue weighted by Crippen LogP contribution is -2.29. The monoisotopic (exact) mass is 328 g/mol. The summed E-state index contributed by atoms with van der Waals surface area (Å²) in [6.45, 7) is -0.479. The zero-order chi connectivity index (χ0) is 17.7. The molecule has 0 bridgehead atoms. The Morgan fingerprint density at radius 3 is 2.79 bits per heavy atom. The molecule has 0 aliphatic rings. The Bertz CT molecular complexity index is 897. The van der Waals surface area contributed by atoms with Crippen molar-refractivity contribution >= 4 is 17.3 Å². The van der Waals surface area contributed by atoms with Gasteiger partial charge in [0, 0.05) is 6.07 Å². The van der Waals surface area contributed by atoms with Gasteiger partial charge in [-0.05, 0) is 12.1 Å². The number of benzene rings is 1. The van der Waals surface area contributed by atoms with Gasteiger partial charge in [0.2, 0.25) is 5.91 Å². The van der Waals surface area contributed by atoms with Crippen LogP contribution in [0.5, 0.6) is 5.75 Å². The van der Waals surface area contributed by atoms with Crippen LogP contribution >= 0.6 is 0 Å². The number of rotatable bonds is 5. The molecule has 9 heteroatoms. The van der Waals surface area contributed by atoms with Gasteiger partial charge in [-0.15, -0.1) is 0 Å². The van der Waals surface area contributed by atoms with Gasteiger partial charge in [0.1, 0.15) is 23.9 Å². The van der Waals surface area contributed by atoms with Crippen LogP contribution in [0.4, 0.5) is 11.4 Å². The Hall–Kier alpha value is -3.67. The first-order valence-corrected chi connectivity index (χ1v) is 6.68. The van der Waals surface area contributed by atoms with E-state index in [0.29, 0.717) is 11.4 Å². The molecule has 0 radical (unpaired) electrons. The van der Waals surface area contributed by atoms with Gasteiger partial charge in [0.15, 0.2) is 0 Å². The molecule has 24 heavy (non-hydrogen) atoms. The quantitative estimate of drug-likeness (QED) is 0.650. The number of hydrogen-bond donors (Lipinski definition) is 1. The highest BCUT2D eigenvalue weighted by molar-refractivity contribution is 5.92. The number of carbonyl (C=O) groups is 1. The van der Waals surface area contributed by atoms with E-state index in [1.165, 1.54) is 7.11 Å². The first-order chi connectivity index (χ1) is 11.5. The number of para-hydroxylation sites is 2. The topological polar surface area (TPSA) is 127 Å². The lowest BCUT2D eigenvalue weighted by Gasteiger charge is -2.10. The molecule has 0 aliphatic carbocycles. The van der Waals surface area contributed by atoms with Crippen LogP contribution in [0.3, 0.4) is 0 Å². The van der Waals surface area contributed by atoms with Gasteiger partial charge in [-0.25, -0.2) is 0 Å². The maximum atomic E-state index is 12.1. The van der Waals surface area contributed by atoms with Gasteiger partial charge in [-0.2, -0.15) is 5.26 Å². The Morgan fingerprint density at radius 2 is 2.17 bits per heavy atom. The number of aromatic nitrogens is 1. The standard InChI is InChI=1S/C15H12N4O5/c1-24-13-5-3-2-4-12(13)17-14(20)9-18-8-11(19(22)23)6-10(7-16)15(18)21/h2-6,8H,9H2,1H3,(H,17,20). The first kappa shape index (κ1) is 16.7. The second-order valence-electron chi connectivity index (χ2n) is 4.66. The molecule has 0 atom stereocenters. The number of methoxy groups -OCH3 is 1. The minimum absolute atomic E-state index is 0.393. The van der Waals surface area contributed by atoms with Crippen molar-refractivity contribution < 1.29 is 14.5 Å². The molecule has 1 N–H and O–H groups in total. The number of hydrogen-bond acceptors (Lipinski definition) is 6. The van der Waals surface area contributed by atoms with Crippen LogP contribution in [0.25, 0.3) is 0 Å². The molecule has 0 spiro atoms. The van der Waals surface area contributed by atoms with E-state index in [4.69, 9.17) is 10.00 Å². The average molecular weight is 328 g/mol. The molecule has 2 rings (SSSR count). The van der Waals surface area contributed by atoms with E-state index in [1.54, 1.807) is 30.3 Å². The molecule has 0 unspecified atom stereocenters. The maximum Gasteiger partial charge on any atom is 0.287 e. The van der Waals surface area contributed by atoms with Crippen molar-refractivity contribution in [2.75, 3.05) is 12.4 Å². The number of pyridine rings is 1. The van der Waals surface area contributed by atoms with Crippen LogP contribution in [-0.2, 0) is 11.3 Å². The van der Waals surface area contributed by atoms with Crippen LogP contribution in [0.2, 0.25) is 0 Å². The van der Waals surface area contributed by atoms with Crippen molar-refractivity contribution in [1.82, 2.24) is 4.57 Å². The molecule has 1 aromatic carbocycles. The lowest BCUT2D eigenvalue weighted by molar-refractivity contribution is -0.385. The molecule has 1 aromatic heterocycles. The van der Waals surface area contributed by atoms with E-state index >= 15 is 0 Å². The van der Waals surface area contributed by atoms with Gasteiger partial charge >= 0.3 is 0 Å². The third-order valence-electron chi connectivity index (χ3n) is 3.10. The van der Waals surface area contributed by atoms with Gasteiger partial charge in [-0.3, -0.25) is 24.3 Å². The summed E-state index contributed by atoms with van der Waals surface area (Å²) in [7, 11) is 1.44. The summed E-state index contributed by atoms with van der Waals surface area (Å²) in [5, 5.41) is 22.3. The molecule has 1 amide bonds. The smallest absolute Gasteiger partial charge is 0.287 e. The number of anilines is 1. The predicted molar refractivity (Wildman–Crippen MR) is 83.7 cm³/mol. The highest BCUT2D eigenvalue weighted by atomic mass is 16.6. The molecule has 2 aromatic rings. The molecule has 0 saturated heterocycles. The van der Waals surface area contributed by atoms with E-state index < -0.39 is 34.2 Å². The second-order valence-corrected chi connectivity index (χ2v) is 4.66. The minimum atomic E-state index is -0.779. The molecule has 0 saturated carbocycles. The van der Waals surface area contributed by atoms with E-state index in [2.05, 4.69) is 5.32 Å². The van der Waals surface area contributed by atoms with Gasteiger partial charge in [0.05, 0.1) is 23.9 Å². The van der Waals surface area contributed by atoms with Crippen molar-refractivity contribution in [3.05, 3.63) is 62.6 Å². The molecular formula is C15H12N4O5. The van der Waals surface area contributed by atoms with E-state index in [9.17, 15) is 19.7 Å². The fourth-order valence-corrected chi connectivity index (χ4v) is 2.01. The Kier molecular flexibility index (Phi) is 4.91. The Labute approximate surface area is 135 Å². The molecule has 9 nitrogen and oxygen atoms in total. The maximum absolute atomic E-state index is 12.1. The SMILES string of the molecule is COc1ccccc1NC(=O)Cn1cc([N+](=O)[O-])cc(C#N)c1=O. The van der Waals surface area contributed by atoms with Crippen LogP contribution in [-0.4, -0.2) is 22.5 Å². The molecule has 0 fully saturated rings. The van der Waals surface area contributed by atoms with E-state index in [-0.39, 0.29) is 0 Å². The summed E-state index contributed by atoms with van der Waals surface area (Å²) >= 11 is 0. The van der Waals surface area contributed by atoms with Gasteiger partial charge in [0.25, 0.3) is 11.2 Å². The number of nitro groups is 1. The summed E-state index contributed by atoms with van der Waals surface area (Å²) in [5.74, 6) is -0.166. The van der Waals surface area contributed by atoms with Crippen molar-refractivity contribution in [3.63, 3.8) is 0 Å². The highest BCUT2D eigenvalue weighted by Gasteiger charge is 2.16. The summed E-state index contributed by atoms with van der Waals surface area (Å²) in [6.07, 6.45) is 0.922. The fourth-order valence-electron chi connectivity index (χ4n) is 2.01. The third kappa shape index (κ3) is 3.56. The molecule has 0 aliphatic heterocycles. The first-order valence-electron chi connectivity index (χ1n) is 6.68. The number of carbonyl (C=O) groups excluding carboxylic acids is 1. The minimum Gasteiger partial charge on any atom is -0.495 e. The Morgan fingerprint density at radius 1 is 1.46 bits per heavy atom. The largest absolute Gasteiger partial charge is 0.495 e. The predicted octanol–water partition coefficient (Wildman–Crippen LogP) is 1.28. The van der Waals surface area contributed by atoms with Crippen molar-refractivity contribution in [2.24, 2.45) is 0 Å². The molecule has 122 valence electrons. The van der Waals surface area contributed by atoms with Crippen LogP contribution in [0.1, 0.15) is 5.56 Å². The molecular weight excluding hydrogens is 316 g/mol. The number of nitrogens with one attached hydrogen (secondary N) is 1. The summed E-state index contributed by atoms with van der Waals surface area (Å²) in [5.41, 5.74) is -1.24. The number of nitriles is 1. The third-order valence-corrected chi connectivity index (χ3v) is 3.10. The van der Waals surface area contributed by atoms with Gasteiger partial charge in [-0.1, -0.05) is 12.1 Å². The molecule has 1 heterocycles. The lowest BCUT2D eigenvalue weighted by atomic mass is 10.2. The summed E-state index contributed by atoms with van der Waals surface area (Å²) < 4.78 is 5.91.